The average molecular weight is 465 g/mol. The maximum Gasteiger partial charge on any atom is 0.326 e. The molecule has 3 aromatic heterocycles. The molecule has 1 saturated carbocycles. The summed E-state index contributed by atoms with van der Waals surface area (Å²) in [6, 6.07) is 4.24. The molecule has 0 spiro atoms. The van der Waals surface area contributed by atoms with Gasteiger partial charge in [-0.2, -0.15) is 5.10 Å². The maximum atomic E-state index is 11.9. The van der Waals surface area contributed by atoms with Crippen LogP contribution in [0.2, 0.25) is 0 Å². The van der Waals surface area contributed by atoms with Crippen LogP contribution in [0.25, 0.3) is 11.0 Å². The van der Waals surface area contributed by atoms with Crippen LogP contribution in [0.3, 0.4) is 0 Å². The molecule has 1 aliphatic heterocycles. The summed E-state index contributed by atoms with van der Waals surface area (Å²) in [5.41, 5.74) is 3.76. The van der Waals surface area contributed by atoms with Crippen molar-refractivity contribution in [2.75, 3.05) is 30.3 Å². The first-order chi connectivity index (χ1) is 16.7. The molecule has 34 heavy (non-hydrogen) atoms. The lowest BCUT2D eigenvalue weighted by molar-refractivity contribution is -0.138. The summed E-state index contributed by atoms with van der Waals surface area (Å²) in [5, 5.41) is 23.1. The lowest BCUT2D eigenvalue weighted by Crippen LogP contribution is -2.36. The molecule has 0 radical (unpaired) electrons. The average Bonchev–Trinajstić information content (AvgIpc) is 3.58. The summed E-state index contributed by atoms with van der Waals surface area (Å²) in [6.45, 7) is 2.74. The van der Waals surface area contributed by atoms with E-state index in [4.69, 9.17) is 4.98 Å². The van der Waals surface area contributed by atoms with Crippen molar-refractivity contribution in [3.05, 3.63) is 35.9 Å². The van der Waals surface area contributed by atoms with Crippen LogP contribution < -0.4 is 10.6 Å². The zero-order valence-electron chi connectivity index (χ0n) is 19.3. The number of aromatic amines is 1. The van der Waals surface area contributed by atoms with E-state index in [0.29, 0.717) is 29.3 Å². The van der Waals surface area contributed by atoms with Crippen molar-refractivity contribution in [1.29, 1.82) is 0 Å². The highest BCUT2D eigenvalue weighted by Gasteiger charge is 2.30. The van der Waals surface area contributed by atoms with Gasteiger partial charge in [0, 0.05) is 24.8 Å². The third-order valence-corrected chi connectivity index (χ3v) is 6.70. The second-order valence-corrected chi connectivity index (χ2v) is 9.24. The number of nitrogens with one attached hydrogen (secondary N) is 3. The van der Waals surface area contributed by atoms with Crippen molar-refractivity contribution in [3.8, 4) is 0 Å². The lowest BCUT2D eigenvalue weighted by Gasteiger charge is -2.24. The number of anilines is 2. The molecule has 0 bridgehead atoms. The first kappa shape index (κ1) is 22.5. The van der Waals surface area contributed by atoms with E-state index in [9.17, 15) is 9.90 Å². The fourth-order valence-corrected chi connectivity index (χ4v) is 4.64. The number of aromatic nitrogens is 5. The summed E-state index contributed by atoms with van der Waals surface area (Å²) < 4.78 is 0. The number of carbonyl (C=O) groups is 1. The number of rotatable bonds is 12. The Labute approximate surface area is 198 Å². The number of pyridine rings is 1. The van der Waals surface area contributed by atoms with Crippen LogP contribution in [-0.4, -0.2) is 72.8 Å². The van der Waals surface area contributed by atoms with Gasteiger partial charge in [0.25, 0.3) is 0 Å². The van der Waals surface area contributed by atoms with Crippen molar-refractivity contribution in [1.82, 2.24) is 30.0 Å². The molecule has 4 heterocycles. The number of aryl methyl sites for hydroxylation is 2. The number of unbranched alkanes of at least 4 members (excludes halogenated alkanes) is 1. The van der Waals surface area contributed by atoms with E-state index in [1.807, 2.05) is 0 Å². The van der Waals surface area contributed by atoms with E-state index < -0.39 is 12.0 Å². The first-order valence-electron chi connectivity index (χ1n) is 12.3. The maximum absolute atomic E-state index is 11.9. The smallest absolute Gasteiger partial charge is 0.326 e. The van der Waals surface area contributed by atoms with Crippen molar-refractivity contribution in [2.24, 2.45) is 0 Å². The van der Waals surface area contributed by atoms with Gasteiger partial charge < -0.3 is 20.6 Å². The van der Waals surface area contributed by atoms with E-state index >= 15 is 0 Å². The Bertz CT molecular complexity index is 1130. The molecule has 4 N–H and O–H groups in total. The van der Waals surface area contributed by atoms with Crippen LogP contribution in [0.15, 0.2) is 24.7 Å². The van der Waals surface area contributed by atoms with Gasteiger partial charge in [0.2, 0.25) is 0 Å². The number of hydrogen-bond acceptors (Lipinski definition) is 8. The van der Waals surface area contributed by atoms with Crippen LogP contribution in [0.4, 0.5) is 11.6 Å². The second-order valence-electron chi connectivity index (χ2n) is 9.24. The Hall–Kier alpha value is -3.27. The highest BCUT2D eigenvalue weighted by molar-refractivity contribution is 5.87. The number of H-pyrrole nitrogens is 1. The monoisotopic (exact) mass is 464 g/mol. The van der Waals surface area contributed by atoms with Crippen molar-refractivity contribution in [3.63, 3.8) is 0 Å². The van der Waals surface area contributed by atoms with Gasteiger partial charge in [-0.3, -0.25) is 5.10 Å². The fraction of sp³-hybridized carbons (Fsp3) is 0.542. The molecule has 0 amide bonds. The van der Waals surface area contributed by atoms with Gasteiger partial charge >= 0.3 is 5.97 Å². The Morgan fingerprint density at radius 2 is 2.15 bits per heavy atom. The molecule has 0 saturated heterocycles. The van der Waals surface area contributed by atoms with Crippen LogP contribution >= 0.6 is 0 Å². The molecular weight excluding hydrogens is 432 g/mol. The molecule has 10 heteroatoms. The van der Waals surface area contributed by atoms with Crippen molar-refractivity contribution >= 4 is 28.6 Å². The Balaban J connectivity index is 1.11. The summed E-state index contributed by atoms with van der Waals surface area (Å²) in [6.07, 6.45) is 11.3. The van der Waals surface area contributed by atoms with Gasteiger partial charge in [-0.05, 0) is 69.5 Å². The Morgan fingerprint density at radius 3 is 3.00 bits per heavy atom. The molecule has 180 valence electrons. The predicted molar refractivity (Wildman–Crippen MR) is 130 cm³/mol. The SMILES string of the molecule is O=C(O)C(CCN(CCCCc1ccc2c(n1)NCCC2)C1CC1)Nc1ncnc2cn[nH]c12. The van der Waals surface area contributed by atoms with Crippen molar-refractivity contribution in [2.45, 2.75) is 63.5 Å². The predicted octanol–water partition coefficient (Wildman–Crippen LogP) is 2.85. The number of hydrogen-bond donors (Lipinski definition) is 4. The third kappa shape index (κ3) is 5.44. The van der Waals surface area contributed by atoms with E-state index in [0.717, 1.165) is 56.8 Å². The number of fused-ring (bicyclic) bond motifs is 2. The zero-order valence-corrected chi connectivity index (χ0v) is 19.3. The van der Waals surface area contributed by atoms with E-state index in [1.165, 1.54) is 31.2 Å². The summed E-state index contributed by atoms with van der Waals surface area (Å²) >= 11 is 0. The summed E-state index contributed by atoms with van der Waals surface area (Å²) in [7, 11) is 0. The van der Waals surface area contributed by atoms with Crippen molar-refractivity contribution < 1.29 is 9.90 Å². The van der Waals surface area contributed by atoms with Crippen LogP contribution in [0, 0.1) is 0 Å². The topological polar surface area (TPSA) is 132 Å². The normalized spacial score (nSPS) is 16.3. The molecular formula is C24H32N8O2. The van der Waals surface area contributed by atoms with Gasteiger partial charge in [0.15, 0.2) is 5.82 Å². The minimum atomic E-state index is -0.880. The quantitative estimate of drug-likeness (QED) is 0.299. The Kier molecular flexibility index (Phi) is 6.84. The zero-order chi connectivity index (χ0) is 23.3. The lowest BCUT2D eigenvalue weighted by atomic mass is 10.1. The van der Waals surface area contributed by atoms with Crippen LogP contribution in [0.5, 0.6) is 0 Å². The first-order valence-corrected chi connectivity index (χ1v) is 12.3. The molecule has 1 unspecified atom stereocenters. The Morgan fingerprint density at radius 1 is 1.24 bits per heavy atom. The summed E-state index contributed by atoms with van der Waals surface area (Å²) in [5.74, 6) is 0.653. The second kappa shape index (κ2) is 10.3. The van der Waals surface area contributed by atoms with E-state index in [1.54, 1.807) is 6.20 Å². The molecule has 1 aliphatic carbocycles. The standard InChI is InChI=1S/C24H32N8O2/c33-24(34)19(30-23-21-20(14-28-31-21)26-15-27-23)10-13-32(18-8-9-18)12-2-1-5-17-7-6-16-4-3-11-25-22(16)29-17/h6-7,14-15,18-19H,1-5,8-13H2,(H,25,29)(H,28,31)(H,33,34)(H,26,27,30). The highest BCUT2D eigenvalue weighted by Crippen LogP contribution is 2.28. The minimum Gasteiger partial charge on any atom is -0.480 e. The van der Waals surface area contributed by atoms with Gasteiger partial charge in [-0.1, -0.05) is 6.07 Å². The molecule has 3 aromatic rings. The minimum absolute atomic E-state index is 0.472. The fourth-order valence-electron chi connectivity index (χ4n) is 4.64. The van der Waals surface area contributed by atoms with Gasteiger partial charge in [0.05, 0.1) is 6.20 Å². The molecule has 2 aliphatic rings. The van der Waals surface area contributed by atoms with Gasteiger partial charge in [-0.15, -0.1) is 0 Å². The van der Waals surface area contributed by atoms with Crippen LogP contribution in [0.1, 0.15) is 49.8 Å². The van der Waals surface area contributed by atoms with Crippen LogP contribution in [-0.2, 0) is 17.6 Å². The molecule has 10 nitrogen and oxygen atoms in total. The van der Waals surface area contributed by atoms with Gasteiger partial charge in [0.1, 0.15) is 29.2 Å². The highest BCUT2D eigenvalue weighted by atomic mass is 16.4. The summed E-state index contributed by atoms with van der Waals surface area (Å²) in [4.78, 5) is 27.5. The molecule has 1 atom stereocenters. The molecule has 5 rings (SSSR count). The van der Waals surface area contributed by atoms with Gasteiger partial charge in [-0.25, -0.2) is 19.7 Å². The van der Waals surface area contributed by atoms with E-state index in [2.05, 4.69) is 47.8 Å². The number of carboxylic acids is 1. The number of aliphatic carboxylic acids is 1. The largest absolute Gasteiger partial charge is 0.480 e. The third-order valence-electron chi connectivity index (χ3n) is 6.70. The number of nitrogens with zero attached hydrogens (tertiary/aromatic N) is 5. The number of carboxylic acid groups (broad SMARTS) is 1. The molecule has 0 aromatic carbocycles. The van der Waals surface area contributed by atoms with E-state index in [-0.39, 0.29) is 0 Å². The molecule has 1 fully saturated rings.